The van der Waals surface area contributed by atoms with Crippen LogP contribution in [0.1, 0.15) is 10.4 Å². The van der Waals surface area contributed by atoms with Crippen molar-refractivity contribution in [2.24, 2.45) is 0 Å². The number of nitrogens with one attached hydrogen (secondary N) is 1. The van der Waals surface area contributed by atoms with Crippen LogP contribution in [0.25, 0.3) is 0 Å². The summed E-state index contributed by atoms with van der Waals surface area (Å²) >= 11 is 17.6. The molecule has 25 heavy (non-hydrogen) atoms. The summed E-state index contributed by atoms with van der Waals surface area (Å²) in [5.41, 5.74) is -0.188. The Morgan fingerprint density at radius 3 is 2.36 bits per heavy atom. The predicted molar refractivity (Wildman–Crippen MR) is 93.5 cm³/mol. The lowest BCUT2D eigenvalue weighted by Crippen LogP contribution is -2.21. The number of amides is 1. The largest absolute Gasteiger partial charge is 0.452 e. The van der Waals surface area contributed by atoms with Crippen molar-refractivity contribution in [3.63, 3.8) is 0 Å². The van der Waals surface area contributed by atoms with Crippen molar-refractivity contribution >= 4 is 58.1 Å². The van der Waals surface area contributed by atoms with Crippen LogP contribution in [0.15, 0.2) is 36.4 Å². The maximum Gasteiger partial charge on any atom is 0.338 e. The van der Waals surface area contributed by atoms with Gasteiger partial charge in [0.05, 0.1) is 26.2 Å². The molecular weight excluding hydrogens is 395 g/mol. The molecule has 1 amide bonds. The Hall–Kier alpha value is -2.35. The van der Waals surface area contributed by atoms with Crippen LogP contribution in [0.5, 0.6) is 0 Å². The highest BCUT2D eigenvalue weighted by molar-refractivity contribution is 6.42. The van der Waals surface area contributed by atoms with Gasteiger partial charge in [-0.2, -0.15) is 0 Å². The van der Waals surface area contributed by atoms with Gasteiger partial charge >= 0.3 is 5.97 Å². The molecule has 0 aliphatic heterocycles. The smallest absolute Gasteiger partial charge is 0.338 e. The van der Waals surface area contributed by atoms with Crippen LogP contribution in [-0.4, -0.2) is 23.4 Å². The van der Waals surface area contributed by atoms with Crippen molar-refractivity contribution in [2.45, 2.75) is 0 Å². The van der Waals surface area contributed by atoms with Crippen LogP contribution in [0.4, 0.5) is 11.4 Å². The number of nitrogens with zero attached hydrogens (tertiary/aromatic N) is 1. The molecule has 0 spiro atoms. The van der Waals surface area contributed by atoms with Crippen molar-refractivity contribution in [3.8, 4) is 0 Å². The van der Waals surface area contributed by atoms with E-state index in [0.29, 0.717) is 5.02 Å². The minimum absolute atomic E-state index is 0.0513. The fraction of sp³-hybridized carbons (Fsp3) is 0.0667. The number of hydrogen-bond acceptors (Lipinski definition) is 5. The second-order valence-corrected chi connectivity index (χ2v) is 5.93. The maximum atomic E-state index is 11.9. The molecule has 0 aromatic heterocycles. The van der Waals surface area contributed by atoms with Crippen molar-refractivity contribution < 1.29 is 19.2 Å². The van der Waals surface area contributed by atoms with Gasteiger partial charge in [-0.3, -0.25) is 14.9 Å². The van der Waals surface area contributed by atoms with E-state index in [1.807, 2.05) is 0 Å². The molecule has 2 aromatic carbocycles. The molecule has 0 saturated carbocycles. The summed E-state index contributed by atoms with van der Waals surface area (Å²) in [7, 11) is 0. The minimum Gasteiger partial charge on any atom is -0.452 e. The second-order valence-electron chi connectivity index (χ2n) is 4.68. The Balaban J connectivity index is 1.99. The minimum atomic E-state index is -0.882. The normalized spacial score (nSPS) is 10.2. The van der Waals surface area contributed by atoms with Crippen molar-refractivity contribution in [2.75, 3.05) is 11.9 Å². The van der Waals surface area contributed by atoms with Gasteiger partial charge in [0, 0.05) is 17.2 Å². The lowest BCUT2D eigenvalue weighted by Gasteiger charge is -2.10. The third kappa shape index (κ3) is 5.06. The first kappa shape index (κ1) is 19.0. The van der Waals surface area contributed by atoms with E-state index in [1.165, 1.54) is 30.3 Å². The molecule has 0 fully saturated rings. The number of carbonyl (C=O) groups excluding carboxylic acids is 2. The van der Waals surface area contributed by atoms with Crippen LogP contribution >= 0.6 is 34.8 Å². The van der Waals surface area contributed by atoms with E-state index in [4.69, 9.17) is 39.5 Å². The average Bonchev–Trinajstić information content (AvgIpc) is 2.56. The highest BCUT2D eigenvalue weighted by Crippen LogP contribution is 2.33. The fourth-order valence-corrected chi connectivity index (χ4v) is 2.71. The third-order valence-corrected chi connectivity index (χ3v) is 3.71. The Bertz CT molecular complexity index is 834. The van der Waals surface area contributed by atoms with Gasteiger partial charge in [0.25, 0.3) is 11.6 Å². The van der Waals surface area contributed by atoms with Crippen LogP contribution in [0.3, 0.4) is 0 Å². The monoisotopic (exact) mass is 402 g/mol. The number of ether oxygens (including phenoxy) is 1. The van der Waals surface area contributed by atoms with Crippen LogP contribution in [-0.2, 0) is 9.53 Å². The van der Waals surface area contributed by atoms with Crippen molar-refractivity contribution in [1.82, 2.24) is 0 Å². The molecule has 0 bridgehead atoms. The van der Waals surface area contributed by atoms with Crippen LogP contribution in [0, 0.1) is 10.1 Å². The average molecular weight is 404 g/mol. The molecule has 2 rings (SSSR count). The zero-order valence-corrected chi connectivity index (χ0v) is 14.6. The predicted octanol–water partition coefficient (Wildman–Crippen LogP) is 4.35. The SMILES string of the molecule is O=C(COC(=O)c1cccc([N+](=O)[O-])c1)Nc1c(Cl)cc(Cl)cc1Cl. The molecule has 0 aliphatic rings. The summed E-state index contributed by atoms with van der Waals surface area (Å²) in [5.74, 6) is -1.57. The number of rotatable bonds is 5. The van der Waals surface area contributed by atoms with Gasteiger partial charge in [0.2, 0.25) is 0 Å². The fourth-order valence-electron chi connectivity index (χ4n) is 1.80. The quantitative estimate of drug-likeness (QED) is 0.454. The lowest BCUT2D eigenvalue weighted by atomic mass is 10.2. The van der Waals surface area contributed by atoms with E-state index in [-0.39, 0.29) is 27.0 Å². The van der Waals surface area contributed by atoms with Gasteiger partial charge in [0.15, 0.2) is 6.61 Å². The third-order valence-electron chi connectivity index (χ3n) is 2.90. The number of nitro benzene ring substituents is 1. The number of nitro groups is 1. The summed E-state index contributed by atoms with van der Waals surface area (Å²) < 4.78 is 4.81. The highest BCUT2D eigenvalue weighted by Gasteiger charge is 2.16. The first-order valence-corrected chi connectivity index (χ1v) is 7.77. The van der Waals surface area contributed by atoms with E-state index < -0.39 is 23.4 Å². The Labute approximate surface area is 156 Å². The molecule has 0 saturated heterocycles. The molecule has 130 valence electrons. The molecule has 0 unspecified atom stereocenters. The topological polar surface area (TPSA) is 98.5 Å². The summed E-state index contributed by atoms with van der Waals surface area (Å²) in [6.45, 7) is -0.628. The Kier molecular flexibility index (Phi) is 6.19. The number of benzene rings is 2. The highest BCUT2D eigenvalue weighted by atomic mass is 35.5. The number of non-ortho nitro benzene ring substituents is 1. The standard InChI is InChI=1S/C15H9Cl3N2O5/c16-9-5-11(17)14(12(18)6-9)19-13(21)7-25-15(22)8-2-1-3-10(4-8)20(23)24/h1-6H,7H2,(H,19,21). The van der Waals surface area contributed by atoms with E-state index in [0.717, 1.165) is 6.07 Å². The Morgan fingerprint density at radius 1 is 1.12 bits per heavy atom. The summed E-state index contributed by atoms with van der Waals surface area (Å²) in [5, 5.41) is 13.6. The van der Waals surface area contributed by atoms with Crippen molar-refractivity contribution in [1.29, 1.82) is 0 Å². The molecule has 0 heterocycles. The Morgan fingerprint density at radius 2 is 1.76 bits per heavy atom. The van der Waals surface area contributed by atoms with Crippen LogP contribution in [0.2, 0.25) is 15.1 Å². The van der Waals surface area contributed by atoms with Gasteiger partial charge in [-0.25, -0.2) is 4.79 Å². The summed E-state index contributed by atoms with van der Waals surface area (Å²) in [4.78, 5) is 33.8. The molecule has 2 aromatic rings. The van der Waals surface area contributed by atoms with Gasteiger partial charge in [-0.15, -0.1) is 0 Å². The molecule has 1 N–H and O–H groups in total. The van der Waals surface area contributed by atoms with E-state index in [1.54, 1.807) is 0 Å². The molecule has 0 radical (unpaired) electrons. The lowest BCUT2D eigenvalue weighted by molar-refractivity contribution is -0.384. The number of anilines is 1. The summed E-state index contributed by atoms with van der Waals surface area (Å²) in [6, 6.07) is 7.73. The molecule has 7 nitrogen and oxygen atoms in total. The summed E-state index contributed by atoms with van der Waals surface area (Å²) in [6.07, 6.45) is 0. The first-order chi connectivity index (χ1) is 11.8. The van der Waals surface area contributed by atoms with Gasteiger partial charge in [-0.1, -0.05) is 40.9 Å². The molecule has 0 aliphatic carbocycles. The van der Waals surface area contributed by atoms with Gasteiger partial charge in [-0.05, 0) is 18.2 Å². The maximum absolute atomic E-state index is 11.9. The van der Waals surface area contributed by atoms with Gasteiger partial charge in [0.1, 0.15) is 0 Å². The van der Waals surface area contributed by atoms with Crippen LogP contribution < -0.4 is 5.32 Å². The zero-order valence-electron chi connectivity index (χ0n) is 12.3. The number of carbonyl (C=O) groups is 2. The van der Waals surface area contributed by atoms with E-state index in [2.05, 4.69) is 5.32 Å². The van der Waals surface area contributed by atoms with E-state index >= 15 is 0 Å². The first-order valence-electron chi connectivity index (χ1n) is 6.64. The van der Waals surface area contributed by atoms with E-state index in [9.17, 15) is 19.7 Å². The molecule has 10 heteroatoms. The van der Waals surface area contributed by atoms with Gasteiger partial charge < -0.3 is 10.1 Å². The number of hydrogen-bond donors (Lipinski definition) is 1. The zero-order chi connectivity index (χ0) is 18.6. The molecular formula is C15H9Cl3N2O5. The molecule has 0 atom stereocenters. The second kappa shape index (κ2) is 8.15. The number of esters is 1. The number of halogens is 3. The van der Waals surface area contributed by atoms with Crippen molar-refractivity contribution in [3.05, 3.63) is 67.1 Å².